The van der Waals surface area contributed by atoms with Crippen molar-refractivity contribution in [1.82, 2.24) is 0 Å². The SMILES string of the molecule is CC(CP(CCC(F)(F)C(F)(F)C(F)(F)C(F)(F)F)CCC(F)(F)C(F)(F)C(F)(F)C(F)(F)F)CC(C)(C)C. The highest BCUT2D eigenvalue weighted by atomic mass is 31.1. The average molecular weight is 638 g/mol. The molecule has 0 aromatic rings. The molecule has 0 aliphatic heterocycles. The molecule has 0 amide bonds. The third kappa shape index (κ3) is 8.36. The Morgan fingerprint density at radius 1 is 0.487 bits per heavy atom. The molecule has 0 bridgehead atoms. The van der Waals surface area contributed by atoms with Crippen LogP contribution in [0.15, 0.2) is 0 Å². The number of halogens is 18. The standard InChI is InChI=1S/C20H25F18P/c1-11(9-12(2,3)4)10-39(7-5-13(21,22)15(25,26)17(29,30)19(33,34)35)8-6-14(23,24)16(27,28)18(31,32)20(36,37)38/h11H,5-10H2,1-4H3. The second-order valence-electron chi connectivity index (χ2n) is 10.4. The van der Waals surface area contributed by atoms with Gasteiger partial charge in [0.1, 0.15) is 0 Å². The lowest BCUT2D eigenvalue weighted by molar-refractivity contribution is -0.396. The summed E-state index contributed by atoms with van der Waals surface area (Å²) in [5.41, 5.74) is -0.572. The van der Waals surface area contributed by atoms with Gasteiger partial charge in [0, 0.05) is 12.8 Å². The van der Waals surface area contributed by atoms with Crippen molar-refractivity contribution in [1.29, 1.82) is 0 Å². The third-order valence-electron chi connectivity index (χ3n) is 5.43. The van der Waals surface area contributed by atoms with E-state index in [2.05, 4.69) is 0 Å². The lowest BCUT2D eigenvalue weighted by atomic mass is 9.86. The molecule has 0 fully saturated rings. The van der Waals surface area contributed by atoms with Crippen LogP contribution in [-0.2, 0) is 0 Å². The minimum Gasteiger partial charge on any atom is -0.200 e. The first-order chi connectivity index (χ1) is 16.7. The number of alkyl halides is 18. The van der Waals surface area contributed by atoms with E-state index in [1.165, 1.54) is 6.92 Å². The summed E-state index contributed by atoms with van der Waals surface area (Å²) in [7, 11) is -2.68. The number of hydrogen-bond donors (Lipinski definition) is 0. The van der Waals surface area contributed by atoms with E-state index in [1.807, 2.05) is 0 Å². The molecule has 0 saturated heterocycles. The van der Waals surface area contributed by atoms with Crippen LogP contribution < -0.4 is 0 Å². The van der Waals surface area contributed by atoms with Gasteiger partial charge in [-0.15, -0.1) is 7.92 Å². The Labute approximate surface area is 212 Å². The zero-order valence-electron chi connectivity index (χ0n) is 20.6. The maximum absolute atomic E-state index is 13.9. The first kappa shape index (κ1) is 38.2. The Morgan fingerprint density at radius 2 is 0.769 bits per heavy atom. The second-order valence-corrected chi connectivity index (χ2v) is 13.0. The molecule has 1 atom stereocenters. The Balaban J connectivity index is 6.07. The molecule has 0 heterocycles. The molecular formula is C20H25F18P. The Bertz CT molecular complexity index is 736. The summed E-state index contributed by atoms with van der Waals surface area (Å²) in [4.78, 5) is 0. The van der Waals surface area contributed by atoms with E-state index in [4.69, 9.17) is 0 Å². The van der Waals surface area contributed by atoms with E-state index in [9.17, 15) is 79.0 Å². The molecular weight excluding hydrogens is 613 g/mol. The first-order valence-electron chi connectivity index (χ1n) is 10.8. The maximum Gasteiger partial charge on any atom is 0.460 e. The molecule has 0 aromatic carbocycles. The molecule has 0 nitrogen and oxygen atoms in total. The van der Waals surface area contributed by atoms with Crippen LogP contribution in [-0.4, -0.2) is 66.4 Å². The molecule has 236 valence electrons. The molecule has 0 saturated carbocycles. The quantitative estimate of drug-likeness (QED) is 0.139. The fourth-order valence-corrected chi connectivity index (χ4v) is 6.37. The van der Waals surface area contributed by atoms with Crippen molar-refractivity contribution < 1.29 is 79.0 Å². The molecule has 19 heteroatoms. The topological polar surface area (TPSA) is 0 Å². The smallest absolute Gasteiger partial charge is 0.200 e. The molecule has 0 radical (unpaired) electrons. The Hall–Kier alpha value is -0.830. The van der Waals surface area contributed by atoms with Crippen molar-refractivity contribution in [3.05, 3.63) is 0 Å². The van der Waals surface area contributed by atoms with E-state index in [0.717, 1.165) is 0 Å². The molecule has 39 heavy (non-hydrogen) atoms. The van der Waals surface area contributed by atoms with Crippen LogP contribution in [0.2, 0.25) is 0 Å². The van der Waals surface area contributed by atoms with Crippen LogP contribution >= 0.6 is 7.92 Å². The zero-order chi connectivity index (χ0) is 31.9. The Kier molecular flexibility index (Phi) is 11.2. The van der Waals surface area contributed by atoms with Crippen molar-refractivity contribution in [2.45, 2.75) is 94.8 Å². The zero-order valence-corrected chi connectivity index (χ0v) is 21.5. The summed E-state index contributed by atoms with van der Waals surface area (Å²) in [5, 5.41) is 0. The summed E-state index contributed by atoms with van der Waals surface area (Å²) >= 11 is 0. The van der Waals surface area contributed by atoms with Crippen LogP contribution in [0.5, 0.6) is 0 Å². The van der Waals surface area contributed by atoms with Gasteiger partial charge in [-0.25, -0.2) is 0 Å². The van der Waals surface area contributed by atoms with Crippen LogP contribution in [0.4, 0.5) is 79.0 Å². The number of rotatable bonds is 13. The summed E-state index contributed by atoms with van der Waals surface area (Å²) in [6.45, 7) is 6.14. The van der Waals surface area contributed by atoms with Crippen molar-refractivity contribution in [3.8, 4) is 0 Å². The molecule has 0 spiro atoms. The monoisotopic (exact) mass is 638 g/mol. The van der Waals surface area contributed by atoms with Crippen molar-refractivity contribution in [2.24, 2.45) is 11.3 Å². The van der Waals surface area contributed by atoms with E-state index in [0.29, 0.717) is 0 Å². The summed E-state index contributed by atoms with van der Waals surface area (Å²) in [5.74, 6) is -41.5. The lowest BCUT2D eigenvalue weighted by Crippen LogP contribution is -2.61. The molecule has 0 rings (SSSR count). The normalized spacial score (nSPS) is 16.7. The minimum atomic E-state index is -7.25. The predicted octanol–water partition coefficient (Wildman–Crippen LogP) is 10.3. The van der Waals surface area contributed by atoms with Gasteiger partial charge in [0.2, 0.25) is 0 Å². The van der Waals surface area contributed by atoms with Crippen LogP contribution in [0.1, 0.15) is 47.0 Å². The number of hydrogen-bond acceptors (Lipinski definition) is 0. The van der Waals surface area contributed by atoms with E-state index < -0.39 is 98.5 Å². The molecule has 0 aliphatic rings. The van der Waals surface area contributed by atoms with Gasteiger partial charge in [0.25, 0.3) is 0 Å². The summed E-state index contributed by atoms with van der Waals surface area (Å²) in [6, 6.07) is 0. The van der Waals surface area contributed by atoms with Gasteiger partial charge in [-0.3, -0.25) is 0 Å². The first-order valence-corrected chi connectivity index (χ1v) is 12.7. The van der Waals surface area contributed by atoms with Crippen LogP contribution in [0.3, 0.4) is 0 Å². The highest BCUT2D eigenvalue weighted by Gasteiger charge is 2.82. The Morgan fingerprint density at radius 3 is 1.00 bits per heavy atom. The lowest BCUT2D eigenvalue weighted by Gasteiger charge is -2.36. The molecule has 0 aromatic heterocycles. The van der Waals surface area contributed by atoms with Crippen LogP contribution in [0, 0.1) is 11.3 Å². The molecule has 1 unspecified atom stereocenters. The molecule has 0 N–H and O–H groups in total. The van der Waals surface area contributed by atoms with Gasteiger partial charge in [-0.2, -0.15) is 79.0 Å². The van der Waals surface area contributed by atoms with E-state index >= 15 is 0 Å². The minimum absolute atomic E-state index is 0.128. The van der Waals surface area contributed by atoms with Gasteiger partial charge in [0.15, 0.2) is 0 Å². The summed E-state index contributed by atoms with van der Waals surface area (Å²) in [6.07, 6.45) is -22.7. The summed E-state index contributed by atoms with van der Waals surface area (Å²) < 4.78 is 236. The fraction of sp³-hybridized carbons (Fsp3) is 1.00. The van der Waals surface area contributed by atoms with Gasteiger partial charge < -0.3 is 0 Å². The van der Waals surface area contributed by atoms with E-state index in [-0.39, 0.29) is 6.42 Å². The highest BCUT2D eigenvalue weighted by Crippen LogP contribution is 2.57. The molecule has 0 aliphatic carbocycles. The van der Waals surface area contributed by atoms with E-state index in [1.54, 1.807) is 20.8 Å². The predicted molar refractivity (Wildman–Crippen MR) is 106 cm³/mol. The van der Waals surface area contributed by atoms with Crippen molar-refractivity contribution >= 4 is 7.92 Å². The second kappa shape index (κ2) is 11.4. The third-order valence-corrected chi connectivity index (χ3v) is 8.29. The fourth-order valence-electron chi connectivity index (χ4n) is 3.57. The largest absolute Gasteiger partial charge is 0.460 e. The van der Waals surface area contributed by atoms with Gasteiger partial charge in [0.05, 0.1) is 0 Å². The maximum atomic E-state index is 13.9. The van der Waals surface area contributed by atoms with Crippen molar-refractivity contribution in [2.75, 3.05) is 18.5 Å². The van der Waals surface area contributed by atoms with Gasteiger partial charge >= 0.3 is 47.9 Å². The average Bonchev–Trinajstić information content (AvgIpc) is 2.66. The highest BCUT2D eigenvalue weighted by molar-refractivity contribution is 7.57. The van der Waals surface area contributed by atoms with Crippen molar-refractivity contribution in [3.63, 3.8) is 0 Å². The van der Waals surface area contributed by atoms with Crippen LogP contribution in [0.25, 0.3) is 0 Å². The van der Waals surface area contributed by atoms with Gasteiger partial charge in [-0.05, 0) is 36.2 Å². The van der Waals surface area contributed by atoms with Gasteiger partial charge in [-0.1, -0.05) is 27.7 Å².